The number of amides is 1. The average Bonchev–Trinajstić information content (AvgIpc) is 2.94. The van der Waals surface area contributed by atoms with Gasteiger partial charge in [-0.05, 0) is 32.7 Å². The highest BCUT2D eigenvalue weighted by Gasteiger charge is 2.17. The molecule has 0 radical (unpaired) electrons. The first-order valence-electron chi connectivity index (χ1n) is 7.37. The summed E-state index contributed by atoms with van der Waals surface area (Å²) in [6.07, 6.45) is 4.94. The average molecular weight is 369 g/mol. The summed E-state index contributed by atoms with van der Waals surface area (Å²) in [5, 5.41) is 5.50. The Hall–Kier alpha value is -0.400. The van der Waals surface area contributed by atoms with Gasteiger partial charge < -0.3 is 16.0 Å². The number of carbonyl (C=O) groups excluding carboxylic acids is 1. The van der Waals surface area contributed by atoms with Crippen LogP contribution >= 0.6 is 36.2 Å². The van der Waals surface area contributed by atoms with Crippen LogP contribution in [-0.4, -0.2) is 41.5 Å². The maximum atomic E-state index is 11.9. The van der Waals surface area contributed by atoms with E-state index in [1.54, 1.807) is 5.38 Å². The highest BCUT2D eigenvalue weighted by molar-refractivity contribution is 7.09. The SMILES string of the molecule is CC1CCCCN1CCCNC(=O)c1csc(CN)n1.Cl.Cl. The van der Waals surface area contributed by atoms with Crippen LogP contribution in [-0.2, 0) is 6.54 Å². The first kappa shape index (κ1) is 21.6. The molecular weight excluding hydrogens is 343 g/mol. The smallest absolute Gasteiger partial charge is 0.270 e. The van der Waals surface area contributed by atoms with Crippen LogP contribution in [0.4, 0.5) is 0 Å². The third-order valence-electron chi connectivity index (χ3n) is 3.81. The molecule has 1 fully saturated rings. The van der Waals surface area contributed by atoms with Gasteiger partial charge in [-0.15, -0.1) is 36.2 Å². The minimum atomic E-state index is -0.0901. The molecule has 1 aromatic heterocycles. The number of halogens is 2. The summed E-state index contributed by atoms with van der Waals surface area (Å²) in [7, 11) is 0. The predicted octanol–water partition coefficient (Wildman–Crippen LogP) is 2.44. The van der Waals surface area contributed by atoms with E-state index in [2.05, 4.69) is 22.1 Å². The molecule has 0 aliphatic carbocycles. The lowest BCUT2D eigenvalue weighted by atomic mass is 10.0. The Labute approximate surface area is 148 Å². The van der Waals surface area contributed by atoms with E-state index >= 15 is 0 Å². The van der Waals surface area contributed by atoms with Crippen molar-refractivity contribution in [2.45, 2.75) is 45.2 Å². The van der Waals surface area contributed by atoms with Crippen molar-refractivity contribution in [3.05, 3.63) is 16.1 Å². The molecule has 1 unspecified atom stereocenters. The third kappa shape index (κ3) is 6.38. The Morgan fingerprint density at radius 1 is 1.50 bits per heavy atom. The molecular formula is C14H26Cl2N4OS. The summed E-state index contributed by atoms with van der Waals surface area (Å²) >= 11 is 1.43. The van der Waals surface area contributed by atoms with Gasteiger partial charge in [0.15, 0.2) is 0 Å². The van der Waals surface area contributed by atoms with Gasteiger partial charge in [-0.2, -0.15) is 0 Å². The lowest BCUT2D eigenvalue weighted by Crippen LogP contribution is -2.39. The second kappa shape index (κ2) is 11.2. The quantitative estimate of drug-likeness (QED) is 0.756. The van der Waals surface area contributed by atoms with Crippen LogP contribution in [0.25, 0.3) is 0 Å². The van der Waals surface area contributed by atoms with E-state index in [-0.39, 0.29) is 30.7 Å². The van der Waals surface area contributed by atoms with Crippen molar-refractivity contribution in [3.63, 3.8) is 0 Å². The Kier molecular flexibility index (Phi) is 11.0. The van der Waals surface area contributed by atoms with Gasteiger partial charge in [0.2, 0.25) is 0 Å². The Morgan fingerprint density at radius 2 is 2.27 bits per heavy atom. The number of aromatic nitrogens is 1. The topological polar surface area (TPSA) is 71.2 Å². The highest BCUT2D eigenvalue weighted by Crippen LogP contribution is 2.16. The molecule has 2 heterocycles. The molecule has 1 aliphatic heterocycles. The molecule has 3 N–H and O–H groups in total. The number of likely N-dealkylation sites (tertiary alicyclic amines) is 1. The zero-order chi connectivity index (χ0) is 14.4. The van der Waals surface area contributed by atoms with Crippen molar-refractivity contribution in [1.29, 1.82) is 0 Å². The largest absolute Gasteiger partial charge is 0.351 e. The van der Waals surface area contributed by atoms with Crippen molar-refractivity contribution >= 4 is 42.1 Å². The van der Waals surface area contributed by atoms with Crippen LogP contribution in [0.1, 0.15) is 48.1 Å². The van der Waals surface area contributed by atoms with Crippen LogP contribution in [0.2, 0.25) is 0 Å². The lowest BCUT2D eigenvalue weighted by Gasteiger charge is -2.33. The molecule has 1 aromatic rings. The molecule has 5 nitrogen and oxygen atoms in total. The molecule has 0 saturated carbocycles. The van der Waals surface area contributed by atoms with Gasteiger partial charge >= 0.3 is 0 Å². The molecule has 128 valence electrons. The van der Waals surface area contributed by atoms with Gasteiger partial charge in [0, 0.05) is 31.1 Å². The van der Waals surface area contributed by atoms with Gasteiger partial charge in [-0.1, -0.05) is 6.42 Å². The van der Waals surface area contributed by atoms with Crippen molar-refractivity contribution in [2.24, 2.45) is 5.73 Å². The highest BCUT2D eigenvalue weighted by atomic mass is 35.5. The van der Waals surface area contributed by atoms with Crippen LogP contribution in [0.15, 0.2) is 5.38 Å². The van der Waals surface area contributed by atoms with E-state index in [9.17, 15) is 4.79 Å². The van der Waals surface area contributed by atoms with Gasteiger partial charge in [0.05, 0.1) is 0 Å². The standard InChI is InChI=1S/C14H24N4OS.2ClH/c1-11-5-2-3-7-18(11)8-4-6-16-14(19)12-10-20-13(9-15)17-12;;/h10-11H,2-9,15H2,1H3,(H,16,19);2*1H. The third-order valence-corrected chi connectivity index (χ3v) is 4.68. The molecule has 0 spiro atoms. The fourth-order valence-electron chi connectivity index (χ4n) is 2.57. The van der Waals surface area contributed by atoms with Gasteiger partial charge in [-0.25, -0.2) is 4.98 Å². The first-order chi connectivity index (χ1) is 9.70. The summed E-state index contributed by atoms with van der Waals surface area (Å²) < 4.78 is 0. The second-order valence-corrected chi connectivity index (χ2v) is 6.26. The molecule has 1 aliphatic rings. The molecule has 0 bridgehead atoms. The van der Waals surface area contributed by atoms with Crippen LogP contribution in [0.3, 0.4) is 0 Å². The molecule has 22 heavy (non-hydrogen) atoms. The maximum Gasteiger partial charge on any atom is 0.270 e. The van der Waals surface area contributed by atoms with Crippen molar-refractivity contribution in [2.75, 3.05) is 19.6 Å². The van der Waals surface area contributed by atoms with Gasteiger partial charge in [0.25, 0.3) is 5.91 Å². The van der Waals surface area contributed by atoms with Crippen LogP contribution < -0.4 is 11.1 Å². The van der Waals surface area contributed by atoms with Crippen LogP contribution in [0, 0.1) is 0 Å². The summed E-state index contributed by atoms with van der Waals surface area (Å²) in [4.78, 5) is 18.6. The number of nitrogens with one attached hydrogen (secondary N) is 1. The number of piperidine rings is 1. The van der Waals surface area contributed by atoms with E-state index in [0.717, 1.165) is 18.0 Å². The predicted molar refractivity (Wildman–Crippen MR) is 96.3 cm³/mol. The number of thiazole rings is 1. The van der Waals surface area contributed by atoms with Gasteiger partial charge in [0.1, 0.15) is 10.7 Å². The van der Waals surface area contributed by atoms with Crippen LogP contribution in [0.5, 0.6) is 0 Å². The van der Waals surface area contributed by atoms with E-state index in [0.29, 0.717) is 24.8 Å². The molecule has 0 aromatic carbocycles. The van der Waals surface area contributed by atoms with E-state index in [1.807, 2.05) is 0 Å². The lowest BCUT2D eigenvalue weighted by molar-refractivity contribution is 0.0944. The zero-order valence-corrected chi connectivity index (χ0v) is 15.4. The zero-order valence-electron chi connectivity index (χ0n) is 12.9. The Bertz CT molecular complexity index is 444. The normalized spacial score (nSPS) is 18.2. The minimum Gasteiger partial charge on any atom is -0.351 e. The first-order valence-corrected chi connectivity index (χ1v) is 8.25. The number of rotatable bonds is 6. The summed E-state index contributed by atoms with van der Waals surface area (Å²) in [6, 6.07) is 0.685. The Balaban J connectivity index is 0.00000220. The van der Waals surface area contributed by atoms with Crippen molar-refractivity contribution in [1.82, 2.24) is 15.2 Å². The van der Waals surface area contributed by atoms with E-state index in [1.165, 1.54) is 37.1 Å². The molecule has 1 saturated heterocycles. The summed E-state index contributed by atoms with van der Waals surface area (Å²) in [5.74, 6) is -0.0901. The summed E-state index contributed by atoms with van der Waals surface area (Å²) in [6.45, 7) is 5.65. The fourth-order valence-corrected chi connectivity index (χ4v) is 3.23. The second-order valence-electron chi connectivity index (χ2n) is 5.32. The number of nitrogens with zero attached hydrogens (tertiary/aromatic N) is 2. The molecule has 2 rings (SSSR count). The van der Waals surface area contributed by atoms with Crippen molar-refractivity contribution < 1.29 is 4.79 Å². The summed E-state index contributed by atoms with van der Waals surface area (Å²) in [5.41, 5.74) is 5.98. The fraction of sp³-hybridized carbons (Fsp3) is 0.714. The van der Waals surface area contributed by atoms with Crippen molar-refractivity contribution in [3.8, 4) is 0 Å². The Morgan fingerprint density at radius 3 is 2.91 bits per heavy atom. The molecule has 8 heteroatoms. The monoisotopic (exact) mass is 368 g/mol. The number of nitrogens with two attached hydrogens (primary N) is 1. The minimum absolute atomic E-state index is 0. The van der Waals surface area contributed by atoms with E-state index in [4.69, 9.17) is 5.73 Å². The molecule has 1 atom stereocenters. The number of hydrogen-bond donors (Lipinski definition) is 2. The van der Waals surface area contributed by atoms with Gasteiger partial charge in [-0.3, -0.25) is 4.79 Å². The number of carbonyl (C=O) groups is 1. The number of hydrogen-bond acceptors (Lipinski definition) is 5. The maximum absolute atomic E-state index is 11.9. The molecule has 1 amide bonds. The van der Waals surface area contributed by atoms with E-state index < -0.39 is 0 Å².